The van der Waals surface area contributed by atoms with Crippen LogP contribution in [0.25, 0.3) is 11.3 Å². The van der Waals surface area contributed by atoms with Gasteiger partial charge in [0.25, 0.3) is 0 Å². The van der Waals surface area contributed by atoms with E-state index in [-0.39, 0.29) is 22.3 Å². The van der Waals surface area contributed by atoms with Gasteiger partial charge in [0, 0.05) is 24.5 Å². The molecule has 9 heteroatoms. The number of hydrogen-bond donors (Lipinski definition) is 1. The van der Waals surface area contributed by atoms with Crippen molar-refractivity contribution in [3.05, 3.63) is 63.7 Å². The Labute approximate surface area is 173 Å². The minimum Gasteiger partial charge on any atom is -0.320 e. The second kappa shape index (κ2) is 9.03. The fourth-order valence-electron chi connectivity index (χ4n) is 2.48. The van der Waals surface area contributed by atoms with Gasteiger partial charge in [0.1, 0.15) is 4.90 Å². The van der Waals surface area contributed by atoms with E-state index in [0.717, 1.165) is 21.7 Å². The zero-order valence-electron chi connectivity index (χ0n) is 14.7. The molecular formula is C18H19Cl2N3O2S2. The molecule has 0 fully saturated rings. The Morgan fingerprint density at radius 3 is 2.56 bits per heavy atom. The van der Waals surface area contributed by atoms with Crippen molar-refractivity contribution in [2.24, 2.45) is 12.0 Å². The Bertz CT molecular complexity index is 1090. The zero-order valence-corrected chi connectivity index (χ0v) is 17.9. The van der Waals surface area contributed by atoms with Crippen molar-refractivity contribution in [1.82, 2.24) is 9.29 Å². The Morgan fingerprint density at radius 2 is 1.89 bits per heavy atom. The third kappa shape index (κ3) is 4.80. The Balaban J connectivity index is 0.00000261. The summed E-state index contributed by atoms with van der Waals surface area (Å²) in [7, 11) is -1.73. The first-order valence-corrected chi connectivity index (χ1v) is 10.7. The minimum absolute atomic E-state index is 0. The molecule has 27 heavy (non-hydrogen) atoms. The predicted octanol–water partition coefficient (Wildman–Crippen LogP) is 4.36. The van der Waals surface area contributed by atoms with Gasteiger partial charge in [0.2, 0.25) is 10.0 Å². The highest BCUT2D eigenvalue weighted by molar-refractivity contribution is 7.89. The van der Waals surface area contributed by atoms with Gasteiger partial charge in [-0.05, 0) is 24.3 Å². The summed E-state index contributed by atoms with van der Waals surface area (Å²) < 4.78 is 29.1. The number of nitrogens with one attached hydrogen (secondary N) is 1. The number of aromatic nitrogens is 1. The molecule has 0 amide bonds. The second-order valence-corrected chi connectivity index (χ2v) is 8.54. The molecule has 0 aliphatic carbocycles. The molecule has 2 aromatic carbocycles. The number of hydrogen-bond acceptors (Lipinski definition) is 4. The molecule has 0 saturated heterocycles. The molecule has 1 N–H and O–H groups in total. The molecule has 0 saturated carbocycles. The summed E-state index contributed by atoms with van der Waals surface area (Å²) in [5.74, 6) is 0. The lowest BCUT2D eigenvalue weighted by Gasteiger charge is -2.09. The molecule has 3 rings (SSSR count). The predicted molar refractivity (Wildman–Crippen MR) is 114 cm³/mol. The summed E-state index contributed by atoms with van der Waals surface area (Å²) in [5.41, 5.74) is 2.50. The highest BCUT2D eigenvalue weighted by atomic mass is 35.5. The maximum atomic E-state index is 12.3. The molecule has 5 nitrogen and oxygen atoms in total. The van der Waals surface area contributed by atoms with E-state index in [1.54, 1.807) is 19.1 Å². The van der Waals surface area contributed by atoms with Gasteiger partial charge in [-0.3, -0.25) is 0 Å². The minimum atomic E-state index is -3.64. The first kappa shape index (κ1) is 21.7. The van der Waals surface area contributed by atoms with E-state index in [9.17, 15) is 8.42 Å². The van der Waals surface area contributed by atoms with E-state index in [4.69, 9.17) is 11.6 Å². The van der Waals surface area contributed by atoms with E-state index in [1.165, 1.54) is 11.3 Å². The summed E-state index contributed by atoms with van der Waals surface area (Å²) in [5, 5.41) is 2.15. The topological polar surface area (TPSA) is 63.5 Å². The summed E-state index contributed by atoms with van der Waals surface area (Å²) in [6, 6.07) is 14.7. The van der Waals surface area contributed by atoms with Crippen LogP contribution in [0, 0.1) is 0 Å². The van der Waals surface area contributed by atoms with Gasteiger partial charge in [0.15, 0.2) is 4.80 Å². The SMILES string of the molecule is CCNS(=O)(=O)c1cc(-c2cs/c(=N/c3ccccc3)n2C)ccc1Cl.Cl. The molecule has 0 spiro atoms. The van der Waals surface area contributed by atoms with Gasteiger partial charge < -0.3 is 4.57 Å². The van der Waals surface area contributed by atoms with Crippen LogP contribution in [0.5, 0.6) is 0 Å². The van der Waals surface area contributed by atoms with Crippen LogP contribution in [0.1, 0.15) is 6.92 Å². The van der Waals surface area contributed by atoms with Crippen molar-refractivity contribution in [1.29, 1.82) is 0 Å². The van der Waals surface area contributed by atoms with Crippen molar-refractivity contribution in [3.8, 4) is 11.3 Å². The van der Waals surface area contributed by atoms with Gasteiger partial charge in [0.05, 0.1) is 16.4 Å². The molecule has 1 heterocycles. The highest BCUT2D eigenvalue weighted by Crippen LogP contribution is 2.28. The smallest absolute Gasteiger partial charge is 0.242 e. The molecule has 0 aliphatic rings. The van der Waals surface area contributed by atoms with Crippen LogP contribution >= 0.6 is 35.3 Å². The fourth-order valence-corrected chi connectivity index (χ4v) is 4.97. The number of halogens is 2. The number of thiazole rings is 1. The van der Waals surface area contributed by atoms with Crippen LogP contribution in [-0.2, 0) is 17.1 Å². The van der Waals surface area contributed by atoms with Crippen LogP contribution in [0.15, 0.2) is 63.8 Å². The average Bonchev–Trinajstić information content (AvgIpc) is 2.97. The monoisotopic (exact) mass is 443 g/mol. The van der Waals surface area contributed by atoms with E-state index in [2.05, 4.69) is 9.71 Å². The Hall–Kier alpha value is -1.64. The van der Waals surface area contributed by atoms with Crippen molar-refractivity contribution in [3.63, 3.8) is 0 Å². The number of benzene rings is 2. The van der Waals surface area contributed by atoms with Gasteiger partial charge in [-0.25, -0.2) is 18.1 Å². The van der Waals surface area contributed by atoms with Crippen molar-refractivity contribution >= 4 is 51.1 Å². The standard InChI is InChI=1S/C18H18ClN3O2S2.ClH/c1-3-20-26(23,24)17-11-13(9-10-15(17)19)16-12-25-18(22(16)2)21-14-7-5-4-6-8-14;/h4-12,20H,3H2,1-2H3;1H/b21-18+;. The fraction of sp³-hybridized carbons (Fsp3) is 0.167. The van der Waals surface area contributed by atoms with Gasteiger partial charge >= 0.3 is 0 Å². The van der Waals surface area contributed by atoms with Crippen molar-refractivity contribution < 1.29 is 8.42 Å². The molecule has 3 aromatic rings. The maximum Gasteiger partial charge on any atom is 0.242 e. The highest BCUT2D eigenvalue weighted by Gasteiger charge is 2.18. The first-order valence-electron chi connectivity index (χ1n) is 7.96. The van der Waals surface area contributed by atoms with E-state index < -0.39 is 10.0 Å². The molecular weight excluding hydrogens is 425 g/mol. The molecule has 0 atom stereocenters. The van der Waals surface area contributed by atoms with E-state index in [0.29, 0.717) is 6.54 Å². The number of para-hydroxylation sites is 1. The van der Waals surface area contributed by atoms with Crippen LogP contribution in [0.3, 0.4) is 0 Å². The lowest BCUT2D eigenvalue weighted by Crippen LogP contribution is -2.23. The lowest BCUT2D eigenvalue weighted by molar-refractivity contribution is 0.584. The molecule has 0 bridgehead atoms. The Kier molecular flexibility index (Phi) is 7.25. The summed E-state index contributed by atoms with van der Waals surface area (Å²) in [6.45, 7) is 2.03. The molecule has 0 radical (unpaired) electrons. The number of rotatable bonds is 5. The number of sulfonamides is 1. The van der Waals surface area contributed by atoms with Crippen molar-refractivity contribution in [2.75, 3.05) is 6.54 Å². The summed E-state index contributed by atoms with van der Waals surface area (Å²) >= 11 is 7.61. The first-order chi connectivity index (χ1) is 12.4. The molecule has 0 aliphatic heterocycles. The van der Waals surface area contributed by atoms with Crippen LogP contribution < -0.4 is 9.52 Å². The number of nitrogens with zero attached hydrogens (tertiary/aromatic N) is 2. The van der Waals surface area contributed by atoms with Crippen LogP contribution in [0.2, 0.25) is 5.02 Å². The Morgan fingerprint density at radius 1 is 1.19 bits per heavy atom. The van der Waals surface area contributed by atoms with Gasteiger partial charge in [-0.15, -0.1) is 23.7 Å². The summed E-state index contributed by atoms with van der Waals surface area (Å²) in [6.07, 6.45) is 0. The van der Waals surface area contributed by atoms with E-state index in [1.807, 2.05) is 53.4 Å². The van der Waals surface area contributed by atoms with Gasteiger partial charge in [-0.2, -0.15) is 0 Å². The largest absolute Gasteiger partial charge is 0.320 e. The lowest BCUT2D eigenvalue weighted by atomic mass is 10.2. The quantitative estimate of drug-likeness (QED) is 0.636. The molecule has 144 valence electrons. The summed E-state index contributed by atoms with van der Waals surface area (Å²) in [4.78, 5) is 5.52. The van der Waals surface area contributed by atoms with Gasteiger partial charge in [-0.1, -0.05) is 42.8 Å². The third-order valence-corrected chi connectivity index (χ3v) is 6.70. The molecule has 1 aromatic heterocycles. The normalized spacial score (nSPS) is 12.0. The average molecular weight is 444 g/mol. The van der Waals surface area contributed by atoms with E-state index >= 15 is 0 Å². The van der Waals surface area contributed by atoms with Crippen molar-refractivity contribution in [2.45, 2.75) is 11.8 Å². The maximum absolute atomic E-state index is 12.3. The molecule has 0 unspecified atom stereocenters. The van der Waals surface area contributed by atoms with Crippen LogP contribution in [-0.4, -0.2) is 19.5 Å². The zero-order chi connectivity index (χ0) is 18.7. The van der Waals surface area contributed by atoms with Crippen LogP contribution in [0.4, 0.5) is 5.69 Å². The second-order valence-electron chi connectivity index (χ2n) is 5.56. The third-order valence-electron chi connectivity index (χ3n) is 3.76.